The monoisotopic (exact) mass is 233 g/mol. The second-order valence-corrected chi connectivity index (χ2v) is 3.71. The van der Waals surface area contributed by atoms with Crippen LogP contribution < -0.4 is 11.1 Å². The quantitative estimate of drug-likeness (QED) is 0.770. The van der Waals surface area contributed by atoms with E-state index in [1.54, 1.807) is 0 Å². The van der Waals surface area contributed by atoms with Gasteiger partial charge in [-0.2, -0.15) is 9.37 Å². The molecule has 1 heterocycles. The van der Waals surface area contributed by atoms with Gasteiger partial charge in [-0.3, -0.25) is 4.79 Å². The van der Waals surface area contributed by atoms with Crippen LogP contribution in [0, 0.1) is 17.6 Å². The second kappa shape index (κ2) is 3.99. The number of carbonyl (C=O) groups is 1. The van der Waals surface area contributed by atoms with E-state index in [0.717, 1.165) is 0 Å². The zero-order valence-corrected chi connectivity index (χ0v) is 8.64. The molecule has 0 fully saturated rings. The molecule has 4 nitrogen and oxygen atoms in total. The molecule has 0 saturated carbocycles. The van der Waals surface area contributed by atoms with E-state index < -0.39 is 34.8 Å². The Morgan fingerprint density at radius 1 is 1.38 bits per heavy atom. The molecule has 1 rings (SSSR count). The molecule has 0 unspecified atom stereocenters. The predicted molar refractivity (Wildman–Crippen MR) is 51.0 cm³/mol. The highest BCUT2D eigenvalue weighted by Gasteiger charge is 2.27. The minimum absolute atomic E-state index is 0.335. The first kappa shape index (κ1) is 12.3. The van der Waals surface area contributed by atoms with Gasteiger partial charge >= 0.3 is 0 Å². The van der Waals surface area contributed by atoms with Gasteiger partial charge in [0.15, 0.2) is 17.5 Å². The maximum atomic E-state index is 13.1. The molecule has 16 heavy (non-hydrogen) atoms. The highest BCUT2D eigenvalue weighted by molar-refractivity contribution is 5.86. The van der Waals surface area contributed by atoms with Crippen LogP contribution in [0.25, 0.3) is 0 Å². The van der Waals surface area contributed by atoms with Gasteiger partial charge in [0.2, 0.25) is 5.91 Å². The first-order valence-electron chi connectivity index (χ1n) is 4.33. The number of hydrogen-bond donors (Lipinski definition) is 2. The number of aromatic nitrogens is 1. The lowest BCUT2D eigenvalue weighted by Crippen LogP contribution is -2.45. The number of carbonyl (C=O) groups excluding carboxylic acids is 1. The predicted octanol–water partition coefficient (Wildman–Crippen LogP) is 1.17. The second-order valence-electron chi connectivity index (χ2n) is 3.71. The van der Waals surface area contributed by atoms with Crippen LogP contribution in [0.1, 0.15) is 13.8 Å². The Bertz CT molecular complexity index is 434. The van der Waals surface area contributed by atoms with Crippen molar-refractivity contribution in [3.63, 3.8) is 0 Å². The summed E-state index contributed by atoms with van der Waals surface area (Å²) in [5.41, 5.74) is 3.70. The Balaban J connectivity index is 3.07. The SMILES string of the molecule is CC(C)(Nc1nc(F)c(F)cc1F)C(N)=O. The molecule has 7 heteroatoms. The van der Waals surface area contributed by atoms with E-state index in [9.17, 15) is 18.0 Å². The Morgan fingerprint density at radius 3 is 2.44 bits per heavy atom. The summed E-state index contributed by atoms with van der Waals surface area (Å²) < 4.78 is 38.4. The van der Waals surface area contributed by atoms with Crippen molar-refractivity contribution in [2.75, 3.05) is 5.32 Å². The van der Waals surface area contributed by atoms with Gasteiger partial charge in [0.25, 0.3) is 5.95 Å². The number of amides is 1. The van der Waals surface area contributed by atoms with Crippen molar-refractivity contribution in [1.29, 1.82) is 0 Å². The maximum Gasteiger partial charge on any atom is 0.251 e. The Kier molecular flexibility index (Phi) is 3.06. The van der Waals surface area contributed by atoms with Crippen LogP contribution in [0.5, 0.6) is 0 Å². The van der Waals surface area contributed by atoms with E-state index in [0.29, 0.717) is 6.07 Å². The molecule has 3 N–H and O–H groups in total. The molecule has 1 aromatic heterocycles. The van der Waals surface area contributed by atoms with Crippen molar-refractivity contribution >= 4 is 11.7 Å². The topological polar surface area (TPSA) is 68.0 Å². The highest BCUT2D eigenvalue weighted by Crippen LogP contribution is 2.18. The number of rotatable bonds is 3. The number of pyridine rings is 1. The average Bonchev–Trinajstić information content (AvgIpc) is 2.13. The number of nitrogens with two attached hydrogens (primary N) is 1. The van der Waals surface area contributed by atoms with E-state index in [1.807, 2.05) is 0 Å². The molecule has 0 aliphatic carbocycles. The molecule has 0 bridgehead atoms. The zero-order chi connectivity index (χ0) is 12.5. The van der Waals surface area contributed by atoms with Gasteiger partial charge in [-0.15, -0.1) is 0 Å². The molecule has 0 aliphatic rings. The average molecular weight is 233 g/mol. The summed E-state index contributed by atoms with van der Waals surface area (Å²) in [7, 11) is 0. The fourth-order valence-corrected chi connectivity index (χ4v) is 0.889. The molecule has 1 aromatic rings. The number of hydrogen-bond acceptors (Lipinski definition) is 3. The summed E-state index contributed by atoms with van der Waals surface area (Å²) in [6.07, 6.45) is 0. The summed E-state index contributed by atoms with van der Waals surface area (Å²) in [5.74, 6) is -5.31. The van der Waals surface area contributed by atoms with Crippen molar-refractivity contribution in [3.05, 3.63) is 23.6 Å². The van der Waals surface area contributed by atoms with Crippen molar-refractivity contribution in [2.24, 2.45) is 5.73 Å². The molecule has 0 aliphatic heterocycles. The lowest BCUT2D eigenvalue weighted by atomic mass is 10.1. The summed E-state index contributed by atoms with van der Waals surface area (Å²) in [4.78, 5) is 13.9. The smallest absolute Gasteiger partial charge is 0.251 e. The third kappa shape index (κ3) is 2.41. The molecule has 0 aromatic carbocycles. The normalized spacial score (nSPS) is 11.3. The Morgan fingerprint density at radius 2 is 1.94 bits per heavy atom. The summed E-state index contributed by atoms with van der Waals surface area (Å²) in [6, 6.07) is 0.335. The highest BCUT2D eigenvalue weighted by atomic mass is 19.2. The standard InChI is InChI=1S/C9H10F3N3O/c1-9(2,8(13)16)15-7-5(11)3-4(10)6(12)14-7/h3H,1-2H3,(H2,13,16)(H,14,15). The van der Waals surface area contributed by atoms with E-state index in [1.165, 1.54) is 13.8 Å². The largest absolute Gasteiger partial charge is 0.368 e. The molecule has 88 valence electrons. The van der Waals surface area contributed by atoms with E-state index in [-0.39, 0.29) is 0 Å². The maximum absolute atomic E-state index is 13.1. The van der Waals surface area contributed by atoms with Crippen LogP contribution in [0.15, 0.2) is 6.07 Å². The van der Waals surface area contributed by atoms with Crippen LogP contribution in [-0.2, 0) is 4.79 Å². The lowest BCUT2D eigenvalue weighted by molar-refractivity contribution is -0.121. The lowest BCUT2D eigenvalue weighted by Gasteiger charge is -2.23. The van der Waals surface area contributed by atoms with Crippen LogP contribution in [0.3, 0.4) is 0 Å². The first-order valence-corrected chi connectivity index (χ1v) is 4.33. The number of primary amides is 1. The summed E-state index contributed by atoms with van der Waals surface area (Å²) in [6.45, 7) is 2.72. The fraction of sp³-hybridized carbons (Fsp3) is 0.333. The van der Waals surface area contributed by atoms with Gasteiger partial charge in [0.05, 0.1) is 0 Å². The summed E-state index contributed by atoms with van der Waals surface area (Å²) >= 11 is 0. The van der Waals surface area contributed by atoms with Gasteiger partial charge < -0.3 is 11.1 Å². The minimum Gasteiger partial charge on any atom is -0.368 e. The van der Waals surface area contributed by atoms with Crippen molar-refractivity contribution in [3.8, 4) is 0 Å². The molecular weight excluding hydrogens is 223 g/mol. The van der Waals surface area contributed by atoms with Crippen molar-refractivity contribution < 1.29 is 18.0 Å². The van der Waals surface area contributed by atoms with Crippen LogP contribution in [0.2, 0.25) is 0 Å². The van der Waals surface area contributed by atoms with Gasteiger partial charge in [0.1, 0.15) is 5.54 Å². The van der Waals surface area contributed by atoms with Crippen LogP contribution in [-0.4, -0.2) is 16.4 Å². The van der Waals surface area contributed by atoms with Gasteiger partial charge in [0, 0.05) is 6.07 Å². The number of halogens is 3. The minimum atomic E-state index is -1.45. The van der Waals surface area contributed by atoms with E-state index >= 15 is 0 Å². The third-order valence-electron chi connectivity index (χ3n) is 1.93. The molecule has 0 radical (unpaired) electrons. The van der Waals surface area contributed by atoms with Gasteiger partial charge in [-0.25, -0.2) is 8.78 Å². The number of anilines is 1. The molecule has 0 saturated heterocycles. The summed E-state index contributed by atoms with van der Waals surface area (Å²) in [5, 5.41) is 2.29. The van der Waals surface area contributed by atoms with Gasteiger partial charge in [-0.05, 0) is 13.8 Å². The van der Waals surface area contributed by atoms with E-state index in [4.69, 9.17) is 5.73 Å². The van der Waals surface area contributed by atoms with Crippen LogP contribution >= 0.6 is 0 Å². The zero-order valence-electron chi connectivity index (χ0n) is 8.64. The van der Waals surface area contributed by atoms with Crippen molar-refractivity contribution in [1.82, 2.24) is 4.98 Å². The molecular formula is C9H10F3N3O. The number of nitrogens with zero attached hydrogens (tertiary/aromatic N) is 1. The fourth-order valence-electron chi connectivity index (χ4n) is 0.889. The van der Waals surface area contributed by atoms with Gasteiger partial charge in [-0.1, -0.05) is 0 Å². The number of nitrogens with one attached hydrogen (secondary N) is 1. The van der Waals surface area contributed by atoms with Crippen LogP contribution in [0.4, 0.5) is 19.0 Å². The first-order chi connectivity index (χ1) is 7.24. The van der Waals surface area contributed by atoms with E-state index in [2.05, 4.69) is 10.3 Å². The Labute approximate surface area is 89.7 Å². The third-order valence-corrected chi connectivity index (χ3v) is 1.93. The Hall–Kier alpha value is -1.79. The van der Waals surface area contributed by atoms with Crippen molar-refractivity contribution in [2.45, 2.75) is 19.4 Å². The molecule has 0 atom stereocenters. The molecule has 0 spiro atoms. The molecule has 1 amide bonds.